The number of rotatable bonds is 11. The molecule has 0 spiro atoms. The molecule has 10 atom stereocenters. The maximum atomic E-state index is 13.4. The summed E-state index contributed by atoms with van der Waals surface area (Å²) in [7, 11) is 0. The molecule has 6 rings (SSSR count). The van der Waals surface area contributed by atoms with Crippen molar-refractivity contribution >= 4 is 11.8 Å². The third-order valence-electron chi connectivity index (χ3n) is 11.4. The van der Waals surface area contributed by atoms with Gasteiger partial charge in [0, 0.05) is 65.2 Å². The number of aliphatic hydroxyl groups is 1. The number of amides is 2. The van der Waals surface area contributed by atoms with Crippen LogP contribution < -0.4 is 26.6 Å². The van der Waals surface area contributed by atoms with Crippen molar-refractivity contribution in [2.45, 2.75) is 95.3 Å². The molecule has 0 aromatic carbocycles. The lowest BCUT2D eigenvalue weighted by Gasteiger charge is -2.47. The second-order valence-corrected chi connectivity index (χ2v) is 14.5. The van der Waals surface area contributed by atoms with Crippen molar-refractivity contribution < 1.29 is 28.9 Å². The van der Waals surface area contributed by atoms with Crippen molar-refractivity contribution in [1.29, 1.82) is 0 Å². The van der Waals surface area contributed by atoms with Crippen LogP contribution in [0.1, 0.15) is 46.5 Å². The number of β-amino-alcohol motifs (C(OH)–C–C–N with tert-alkyl or cyclic N) is 1. The number of carbonyl (C=O) groups excluding carboxylic acids is 2. The summed E-state index contributed by atoms with van der Waals surface area (Å²) in [6, 6.07) is 0.206. The molecule has 14 heteroatoms. The number of piperidine rings is 1. The van der Waals surface area contributed by atoms with E-state index in [-0.39, 0.29) is 49.1 Å². The molecule has 46 heavy (non-hydrogen) atoms. The summed E-state index contributed by atoms with van der Waals surface area (Å²) in [5, 5.41) is 28.0. The Morgan fingerprint density at radius 1 is 1.07 bits per heavy atom. The van der Waals surface area contributed by atoms with Crippen molar-refractivity contribution in [2.75, 3.05) is 78.9 Å². The Morgan fingerprint density at radius 3 is 2.57 bits per heavy atom. The zero-order valence-corrected chi connectivity index (χ0v) is 28.0. The summed E-state index contributed by atoms with van der Waals surface area (Å²) in [6.07, 6.45) is 3.48. The predicted octanol–water partition coefficient (Wildman–Crippen LogP) is -1.74. The molecular formula is C32H58N8O6. The minimum absolute atomic E-state index is 0.0487. The van der Waals surface area contributed by atoms with Crippen LogP contribution in [0.25, 0.3) is 0 Å². The number of carbonyl (C=O) groups is 2. The Labute approximate surface area is 274 Å². The number of nitrogens with zero attached hydrogens (tertiary/aromatic N) is 3. The molecule has 5 heterocycles. The van der Waals surface area contributed by atoms with Crippen molar-refractivity contribution in [3.05, 3.63) is 0 Å². The molecular weight excluding hydrogens is 592 g/mol. The number of likely N-dealkylation sites (tertiary alicyclic amines) is 1. The summed E-state index contributed by atoms with van der Waals surface area (Å²) >= 11 is 0. The molecule has 5 saturated heterocycles. The third-order valence-corrected chi connectivity index (χ3v) is 11.4. The SMILES string of the molecule is CC(=O)N1CCN(C2NC(NC3COC3)CC(C(=O)NC[C@H](O)CN3CCC4C(CCC(OCC5OCNC5C)C4C)C3)N2)CC1. The van der Waals surface area contributed by atoms with Gasteiger partial charge in [-0.1, -0.05) is 6.92 Å². The molecule has 0 aromatic heterocycles. The fraction of sp³-hybridized carbons (Fsp3) is 0.938. The van der Waals surface area contributed by atoms with Gasteiger partial charge in [-0.15, -0.1) is 0 Å². The number of aliphatic hydroxyl groups excluding tert-OH is 1. The highest BCUT2D eigenvalue weighted by Gasteiger charge is 2.42. The summed E-state index contributed by atoms with van der Waals surface area (Å²) < 4.78 is 17.5. The number of hydrogen-bond donors (Lipinski definition) is 6. The van der Waals surface area contributed by atoms with Gasteiger partial charge in [0.2, 0.25) is 11.8 Å². The average Bonchev–Trinajstić information content (AvgIpc) is 3.45. The van der Waals surface area contributed by atoms with E-state index in [1.807, 2.05) is 4.90 Å². The minimum Gasteiger partial charge on any atom is -0.390 e. The zero-order valence-electron chi connectivity index (χ0n) is 28.0. The first kappa shape index (κ1) is 34.4. The molecule has 1 aliphatic carbocycles. The van der Waals surface area contributed by atoms with E-state index in [1.54, 1.807) is 6.92 Å². The van der Waals surface area contributed by atoms with Crippen LogP contribution in [0.3, 0.4) is 0 Å². The number of nitrogens with one attached hydrogen (secondary N) is 5. The van der Waals surface area contributed by atoms with Crippen LogP contribution in [0, 0.1) is 17.8 Å². The zero-order chi connectivity index (χ0) is 32.2. The molecule has 14 nitrogen and oxygen atoms in total. The maximum Gasteiger partial charge on any atom is 0.237 e. The Balaban J connectivity index is 0.937. The Bertz CT molecular complexity index is 1020. The van der Waals surface area contributed by atoms with E-state index in [0.717, 1.165) is 45.4 Å². The van der Waals surface area contributed by atoms with Crippen LogP contribution in [0.2, 0.25) is 0 Å². The smallest absolute Gasteiger partial charge is 0.237 e. The maximum absolute atomic E-state index is 13.4. The van der Waals surface area contributed by atoms with Gasteiger partial charge in [0.15, 0.2) is 0 Å². The molecule has 6 fully saturated rings. The van der Waals surface area contributed by atoms with Gasteiger partial charge in [-0.3, -0.25) is 35.8 Å². The highest BCUT2D eigenvalue weighted by molar-refractivity contribution is 5.82. The van der Waals surface area contributed by atoms with Crippen LogP contribution in [-0.4, -0.2) is 159 Å². The molecule has 6 aliphatic rings. The van der Waals surface area contributed by atoms with E-state index in [0.29, 0.717) is 76.4 Å². The van der Waals surface area contributed by atoms with Gasteiger partial charge in [0.25, 0.3) is 0 Å². The van der Waals surface area contributed by atoms with E-state index in [2.05, 4.69) is 50.2 Å². The lowest BCUT2D eigenvalue weighted by molar-refractivity contribution is -0.131. The summed E-state index contributed by atoms with van der Waals surface area (Å²) in [6.45, 7) is 14.3. The first-order chi connectivity index (χ1) is 22.2. The standard InChI is InChI=1S/C32H58N8O6/c1-20-26-6-7-38(14-23(26)4-5-28(20)45-18-29-21(2)34-19-46-29)15-25(42)13-33-31(43)27-12-30(35-24-16-44-17-24)37-32(36-27)40-10-8-39(9-11-40)22(3)41/h20-21,23-30,32,34-37,42H,4-19H2,1-3H3,(H,33,43)/t20?,21?,23?,25-,26?,27?,28?,29?,30?,32?/m0/s1. The van der Waals surface area contributed by atoms with Gasteiger partial charge in [-0.2, -0.15) is 0 Å². The predicted molar refractivity (Wildman–Crippen MR) is 171 cm³/mol. The van der Waals surface area contributed by atoms with Crippen LogP contribution in [0.15, 0.2) is 0 Å². The molecule has 0 aromatic rings. The van der Waals surface area contributed by atoms with Crippen LogP contribution >= 0.6 is 0 Å². The fourth-order valence-electron chi connectivity index (χ4n) is 8.34. The van der Waals surface area contributed by atoms with Gasteiger partial charge in [0.1, 0.15) is 6.29 Å². The fourth-order valence-corrected chi connectivity index (χ4v) is 8.34. The van der Waals surface area contributed by atoms with E-state index >= 15 is 0 Å². The Hall–Kier alpha value is -1.46. The highest BCUT2D eigenvalue weighted by Crippen LogP contribution is 2.41. The number of piperazine rings is 1. The molecule has 2 amide bonds. The van der Waals surface area contributed by atoms with Crippen LogP contribution in [-0.2, 0) is 23.8 Å². The Morgan fingerprint density at radius 2 is 1.87 bits per heavy atom. The summed E-state index contributed by atoms with van der Waals surface area (Å²) in [4.78, 5) is 31.7. The monoisotopic (exact) mass is 650 g/mol. The number of ether oxygens (including phenoxy) is 3. The average molecular weight is 651 g/mol. The van der Waals surface area contributed by atoms with Gasteiger partial charge >= 0.3 is 0 Å². The van der Waals surface area contributed by atoms with Crippen LogP contribution in [0.4, 0.5) is 0 Å². The minimum atomic E-state index is -0.627. The molecule has 0 bridgehead atoms. The lowest BCUT2D eigenvalue weighted by Crippen LogP contribution is -2.73. The molecule has 6 N–H and O–H groups in total. The van der Waals surface area contributed by atoms with Crippen molar-refractivity contribution in [1.82, 2.24) is 41.3 Å². The van der Waals surface area contributed by atoms with Crippen molar-refractivity contribution in [2.24, 2.45) is 17.8 Å². The first-order valence-corrected chi connectivity index (χ1v) is 17.7. The van der Waals surface area contributed by atoms with Gasteiger partial charge in [-0.05, 0) is 50.5 Å². The van der Waals surface area contributed by atoms with E-state index in [4.69, 9.17) is 14.2 Å². The van der Waals surface area contributed by atoms with Gasteiger partial charge in [-0.25, -0.2) is 0 Å². The highest BCUT2D eigenvalue weighted by atomic mass is 16.6. The third kappa shape index (κ3) is 8.57. The van der Waals surface area contributed by atoms with Crippen LogP contribution in [0.5, 0.6) is 0 Å². The number of fused-ring (bicyclic) bond motifs is 1. The molecule has 262 valence electrons. The Kier molecular flexibility index (Phi) is 11.8. The second kappa shape index (κ2) is 15.8. The normalized spacial score (nSPS) is 38.6. The topological polar surface area (TPSA) is 152 Å². The first-order valence-electron chi connectivity index (χ1n) is 17.7. The summed E-state index contributed by atoms with van der Waals surface area (Å²) in [5.41, 5.74) is 0. The molecule has 9 unspecified atom stereocenters. The van der Waals surface area contributed by atoms with E-state index < -0.39 is 12.1 Å². The van der Waals surface area contributed by atoms with E-state index in [9.17, 15) is 14.7 Å². The quantitative estimate of drug-likeness (QED) is 0.151. The van der Waals surface area contributed by atoms with Crippen molar-refractivity contribution in [3.63, 3.8) is 0 Å². The lowest BCUT2D eigenvalue weighted by atomic mass is 9.68. The molecule has 5 aliphatic heterocycles. The van der Waals surface area contributed by atoms with Gasteiger partial charge in [0.05, 0.1) is 63.1 Å². The summed E-state index contributed by atoms with van der Waals surface area (Å²) in [5.74, 6) is 1.78. The largest absolute Gasteiger partial charge is 0.390 e. The molecule has 0 radical (unpaired) electrons. The molecule has 1 saturated carbocycles. The van der Waals surface area contributed by atoms with E-state index in [1.165, 1.54) is 0 Å². The second-order valence-electron chi connectivity index (χ2n) is 14.5. The number of hydrogen-bond acceptors (Lipinski definition) is 12. The van der Waals surface area contributed by atoms with Gasteiger partial charge < -0.3 is 34.4 Å². The van der Waals surface area contributed by atoms with Crippen molar-refractivity contribution in [3.8, 4) is 0 Å².